The maximum Gasteiger partial charge on any atom is 0.231 e. The van der Waals surface area contributed by atoms with Crippen LogP contribution < -0.4 is 9.47 Å². The summed E-state index contributed by atoms with van der Waals surface area (Å²) in [5, 5.41) is 0. The predicted molar refractivity (Wildman–Crippen MR) is 78.0 cm³/mol. The van der Waals surface area contributed by atoms with E-state index in [2.05, 4.69) is 27.0 Å². The summed E-state index contributed by atoms with van der Waals surface area (Å²) < 4.78 is 11.7. The van der Waals surface area contributed by atoms with E-state index in [1.54, 1.807) is 0 Å². The first-order valence-electron chi connectivity index (χ1n) is 5.96. The molecule has 0 spiro atoms. The zero-order valence-corrected chi connectivity index (χ0v) is 11.8. The number of benzene rings is 2. The quantitative estimate of drug-likeness (QED) is 0.806. The van der Waals surface area contributed by atoms with Gasteiger partial charge in [0.15, 0.2) is 11.5 Å². The van der Waals surface area contributed by atoms with E-state index >= 15 is 0 Å². The number of nitrogens with zero attached hydrogens (tertiary/aromatic N) is 1. The lowest BCUT2D eigenvalue weighted by atomic mass is 10.2. The molecule has 96 valence electrons. The lowest BCUT2D eigenvalue weighted by Gasteiger charge is -2.00. The molecule has 0 N–H and O–H groups in total. The molecule has 1 aliphatic heterocycles. The molecule has 0 unspecified atom stereocenters. The normalized spacial score (nSPS) is 13.1. The Morgan fingerprint density at radius 3 is 2.84 bits per heavy atom. The van der Waals surface area contributed by atoms with Gasteiger partial charge in [0.1, 0.15) is 0 Å². The van der Waals surface area contributed by atoms with Crippen LogP contribution in [0.3, 0.4) is 0 Å². The van der Waals surface area contributed by atoms with Crippen LogP contribution in [0.1, 0.15) is 11.1 Å². The molecular formula is C15H12BrNO2. The summed E-state index contributed by atoms with van der Waals surface area (Å²) in [5.74, 6) is 1.58. The van der Waals surface area contributed by atoms with Crippen LogP contribution in [0, 0.1) is 0 Å². The maximum absolute atomic E-state index is 5.33. The fraction of sp³-hybridized carbons (Fsp3) is 0.133. The van der Waals surface area contributed by atoms with E-state index in [1.807, 2.05) is 42.6 Å². The molecule has 0 atom stereocenters. The lowest BCUT2D eigenvalue weighted by molar-refractivity contribution is 0.174. The Hall–Kier alpha value is -1.81. The second kappa shape index (κ2) is 5.45. The topological polar surface area (TPSA) is 30.8 Å². The number of hydrogen-bond acceptors (Lipinski definition) is 3. The Balaban J connectivity index is 1.71. The van der Waals surface area contributed by atoms with Gasteiger partial charge in [-0.2, -0.15) is 0 Å². The van der Waals surface area contributed by atoms with Gasteiger partial charge in [-0.3, -0.25) is 4.99 Å². The van der Waals surface area contributed by atoms with Crippen LogP contribution in [0.25, 0.3) is 0 Å². The smallest absolute Gasteiger partial charge is 0.231 e. The summed E-state index contributed by atoms with van der Waals surface area (Å²) in [5.41, 5.74) is 2.18. The summed E-state index contributed by atoms with van der Waals surface area (Å²) in [6, 6.07) is 13.9. The first kappa shape index (κ1) is 12.2. The highest BCUT2D eigenvalue weighted by Gasteiger charge is 2.12. The molecule has 1 aliphatic rings. The zero-order chi connectivity index (χ0) is 13.1. The largest absolute Gasteiger partial charge is 0.454 e. The van der Waals surface area contributed by atoms with Crippen LogP contribution in [0.4, 0.5) is 0 Å². The Bertz CT molecular complexity index is 625. The molecule has 0 saturated carbocycles. The number of hydrogen-bond donors (Lipinski definition) is 0. The van der Waals surface area contributed by atoms with E-state index in [-0.39, 0.29) is 0 Å². The molecule has 0 saturated heterocycles. The molecule has 0 fully saturated rings. The first-order chi connectivity index (χ1) is 9.33. The van der Waals surface area contributed by atoms with Gasteiger partial charge >= 0.3 is 0 Å². The summed E-state index contributed by atoms with van der Waals surface area (Å²) in [6.45, 7) is 0.947. The van der Waals surface area contributed by atoms with Crippen molar-refractivity contribution in [3.8, 4) is 11.5 Å². The molecule has 2 aromatic rings. The monoisotopic (exact) mass is 317 g/mol. The van der Waals surface area contributed by atoms with Crippen LogP contribution in [-0.4, -0.2) is 13.0 Å². The molecule has 3 nitrogen and oxygen atoms in total. The third-order valence-electron chi connectivity index (χ3n) is 2.86. The molecule has 0 aromatic heterocycles. The van der Waals surface area contributed by atoms with E-state index in [9.17, 15) is 0 Å². The second-order valence-electron chi connectivity index (χ2n) is 4.17. The van der Waals surface area contributed by atoms with Gasteiger partial charge in [0.25, 0.3) is 0 Å². The van der Waals surface area contributed by atoms with Crippen LogP contribution in [-0.2, 0) is 6.54 Å². The SMILES string of the molecule is Brc1ccccc1CN=Cc1ccc2c(c1)OCO2. The number of aliphatic imine (C=N–C) groups is 1. The van der Waals surface area contributed by atoms with Gasteiger partial charge in [-0.05, 0) is 35.4 Å². The standard InChI is InChI=1S/C15H12BrNO2/c16-13-4-2-1-3-12(13)9-17-8-11-5-6-14-15(7-11)19-10-18-14/h1-8H,9-10H2. The van der Waals surface area contributed by atoms with Crippen molar-refractivity contribution in [1.82, 2.24) is 0 Å². The van der Waals surface area contributed by atoms with Gasteiger partial charge in [0, 0.05) is 10.7 Å². The second-order valence-corrected chi connectivity index (χ2v) is 5.03. The lowest BCUT2D eigenvalue weighted by Crippen LogP contribution is -1.92. The van der Waals surface area contributed by atoms with Crippen molar-refractivity contribution in [2.24, 2.45) is 4.99 Å². The van der Waals surface area contributed by atoms with E-state index in [0.29, 0.717) is 13.3 Å². The fourth-order valence-electron chi connectivity index (χ4n) is 1.87. The highest BCUT2D eigenvalue weighted by atomic mass is 79.9. The van der Waals surface area contributed by atoms with Crippen LogP contribution in [0.15, 0.2) is 51.9 Å². The molecule has 0 amide bonds. The third-order valence-corrected chi connectivity index (χ3v) is 3.63. The summed E-state index contributed by atoms with van der Waals surface area (Å²) in [7, 11) is 0. The van der Waals surface area contributed by atoms with Crippen LogP contribution >= 0.6 is 15.9 Å². The molecule has 0 radical (unpaired) electrons. The minimum atomic E-state index is 0.299. The number of fused-ring (bicyclic) bond motifs is 1. The Kier molecular flexibility index (Phi) is 3.51. The maximum atomic E-state index is 5.33. The van der Waals surface area contributed by atoms with E-state index in [0.717, 1.165) is 21.5 Å². The van der Waals surface area contributed by atoms with Crippen molar-refractivity contribution in [2.75, 3.05) is 6.79 Å². The van der Waals surface area contributed by atoms with Crippen molar-refractivity contribution in [2.45, 2.75) is 6.54 Å². The molecule has 4 heteroatoms. The van der Waals surface area contributed by atoms with E-state index in [4.69, 9.17) is 9.47 Å². The predicted octanol–water partition coefficient (Wildman–Crippen LogP) is 3.80. The minimum absolute atomic E-state index is 0.299. The van der Waals surface area contributed by atoms with Gasteiger partial charge in [-0.1, -0.05) is 34.1 Å². The summed E-state index contributed by atoms with van der Waals surface area (Å²) in [6.07, 6.45) is 1.85. The third kappa shape index (κ3) is 2.79. The Morgan fingerprint density at radius 2 is 1.95 bits per heavy atom. The minimum Gasteiger partial charge on any atom is -0.454 e. The Labute approximate surface area is 120 Å². The molecular weight excluding hydrogens is 306 g/mol. The fourth-order valence-corrected chi connectivity index (χ4v) is 2.28. The molecule has 3 rings (SSSR count). The van der Waals surface area contributed by atoms with Crippen LogP contribution in [0.5, 0.6) is 11.5 Å². The summed E-state index contributed by atoms with van der Waals surface area (Å²) >= 11 is 3.51. The number of ether oxygens (including phenoxy) is 2. The van der Waals surface area contributed by atoms with Crippen molar-refractivity contribution in [3.05, 3.63) is 58.1 Å². The van der Waals surface area contributed by atoms with Crippen molar-refractivity contribution < 1.29 is 9.47 Å². The first-order valence-corrected chi connectivity index (χ1v) is 6.75. The molecule has 1 heterocycles. The van der Waals surface area contributed by atoms with Crippen molar-refractivity contribution in [1.29, 1.82) is 0 Å². The van der Waals surface area contributed by atoms with Gasteiger partial charge in [0.05, 0.1) is 6.54 Å². The zero-order valence-electron chi connectivity index (χ0n) is 10.2. The van der Waals surface area contributed by atoms with E-state index in [1.165, 1.54) is 5.56 Å². The summed E-state index contributed by atoms with van der Waals surface area (Å²) in [4.78, 5) is 4.45. The molecule has 0 aliphatic carbocycles. The van der Waals surface area contributed by atoms with Crippen molar-refractivity contribution >= 4 is 22.1 Å². The Morgan fingerprint density at radius 1 is 1.11 bits per heavy atom. The molecule has 0 bridgehead atoms. The average molecular weight is 318 g/mol. The van der Waals surface area contributed by atoms with Gasteiger partial charge in [0.2, 0.25) is 6.79 Å². The van der Waals surface area contributed by atoms with Gasteiger partial charge in [-0.25, -0.2) is 0 Å². The van der Waals surface area contributed by atoms with E-state index < -0.39 is 0 Å². The average Bonchev–Trinajstić information content (AvgIpc) is 2.88. The van der Waals surface area contributed by atoms with Gasteiger partial charge < -0.3 is 9.47 Å². The highest BCUT2D eigenvalue weighted by molar-refractivity contribution is 9.10. The molecule has 2 aromatic carbocycles. The molecule has 19 heavy (non-hydrogen) atoms. The van der Waals surface area contributed by atoms with Gasteiger partial charge in [-0.15, -0.1) is 0 Å². The van der Waals surface area contributed by atoms with Crippen molar-refractivity contribution in [3.63, 3.8) is 0 Å². The number of halogens is 1. The number of rotatable bonds is 3. The highest BCUT2D eigenvalue weighted by Crippen LogP contribution is 2.32. The van der Waals surface area contributed by atoms with Crippen LogP contribution in [0.2, 0.25) is 0 Å².